The Labute approximate surface area is 122 Å². The van der Waals surface area contributed by atoms with Gasteiger partial charge in [0.15, 0.2) is 0 Å². The van der Waals surface area contributed by atoms with Crippen molar-refractivity contribution in [1.82, 2.24) is 5.32 Å². The third-order valence-corrected chi connectivity index (χ3v) is 6.12. The molecule has 0 spiro atoms. The highest BCUT2D eigenvalue weighted by atomic mass is 32.2. The van der Waals surface area contributed by atoms with Crippen LogP contribution in [0.25, 0.3) is 0 Å². The smallest absolute Gasteiger partial charge is 0.0274 e. The fourth-order valence-corrected chi connectivity index (χ4v) is 4.85. The summed E-state index contributed by atoms with van der Waals surface area (Å²) in [5.41, 5.74) is 2.78. The molecule has 1 aromatic rings. The molecule has 0 bridgehead atoms. The normalized spacial score (nSPS) is 31.4. The van der Waals surface area contributed by atoms with Gasteiger partial charge in [-0.05, 0) is 57.2 Å². The minimum Gasteiger partial charge on any atom is -0.316 e. The highest BCUT2D eigenvalue weighted by molar-refractivity contribution is 8.00. The van der Waals surface area contributed by atoms with E-state index >= 15 is 0 Å². The minimum absolute atomic E-state index is 0.642. The molecule has 0 radical (unpaired) electrons. The van der Waals surface area contributed by atoms with Gasteiger partial charge < -0.3 is 5.32 Å². The summed E-state index contributed by atoms with van der Waals surface area (Å²) in [5.74, 6) is 1.63. The lowest BCUT2D eigenvalue weighted by Crippen LogP contribution is -2.44. The SMILES string of the molecule is CNC1CC(C)CC(C)C1Sc1cc(C)ccc1C. The molecular formula is C17H27NS. The summed E-state index contributed by atoms with van der Waals surface area (Å²) in [5, 5.41) is 4.24. The molecule has 1 aliphatic carbocycles. The quantitative estimate of drug-likeness (QED) is 0.878. The van der Waals surface area contributed by atoms with Crippen molar-refractivity contribution in [3.63, 3.8) is 0 Å². The van der Waals surface area contributed by atoms with Crippen LogP contribution in [0.1, 0.15) is 37.8 Å². The Kier molecular flexibility index (Phi) is 4.97. The van der Waals surface area contributed by atoms with Gasteiger partial charge in [-0.2, -0.15) is 0 Å². The second-order valence-corrected chi connectivity index (χ2v) is 7.52. The maximum absolute atomic E-state index is 3.55. The van der Waals surface area contributed by atoms with E-state index in [0.717, 1.165) is 11.8 Å². The first kappa shape index (κ1) is 14.9. The van der Waals surface area contributed by atoms with Gasteiger partial charge in [-0.1, -0.05) is 31.5 Å². The first-order chi connectivity index (χ1) is 9.01. The fourth-order valence-electron chi connectivity index (χ4n) is 3.29. The second kappa shape index (κ2) is 6.32. The van der Waals surface area contributed by atoms with Crippen molar-refractivity contribution in [3.05, 3.63) is 29.3 Å². The van der Waals surface area contributed by atoms with Crippen LogP contribution in [0.5, 0.6) is 0 Å². The highest BCUT2D eigenvalue weighted by Crippen LogP contribution is 2.40. The van der Waals surface area contributed by atoms with Crippen LogP contribution in [0, 0.1) is 25.7 Å². The van der Waals surface area contributed by atoms with Gasteiger partial charge in [-0.15, -0.1) is 11.8 Å². The predicted molar refractivity (Wildman–Crippen MR) is 86.0 cm³/mol. The molecule has 2 rings (SSSR count). The molecule has 4 atom stereocenters. The first-order valence-corrected chi connectivity index (χ1v) is 8.30. The number of thioether (sulfide) groups is 1. The fraction of sp³-hybridized carbons (Fsp3) is 0.647. The lowest BCUT2D eigenvalue weighted by molar-refractivity contribution is 0.257. The Morgan fingerprint density at radius 2 is 1.89 bits per heavy atom. The molecule has 1 N–H and O–H groups in total. The molecule has 1 fully saturated rings. The molecule has 1 nitrogen and oxygen atoms in total. The van der Waals surface area contributed by atoms with E-state index in [1.165, 1.54) is 28.9 Å². The highest BCUT2D eigenvalue weighted by Gasteiger charge is 2.33. The molecule has 19 heavy (non-hydrogen) atoms. The average Bonchev–Trinajstić information content (AvgIpc) is 2.36. The van der Waals surface area contributed by atoms with Crippen LogP contribution in [-0.2, 0) is 0 Å². The summed E-state index contributed by atoms with van der Waals surface area (Å²) in [4.78, 5) is 1.46. The van der Waals surface area contributed by atoms with E-state index in [9.17, 15) is 0 Å². The maximum Gasteiger partial charge on any atom is 0.0274 e. The molecule has 106 valence electrons. The molecule has 2 heteroatoms. The van der Waals surface area contributed by atoms with Crippen molar-refractivity contribution in [2.45, 2.75) is 56.7 Å². The van der Waals surface area contributed by atoms with Crippen molar-refractivity contribution < 1.29 is 0 Å². The van der Waals surface area contributed by atoms with Gasteiger partial charge in [0, 0.05) is 16.2 Å². The number of hydrogen-bond acceptors (Lipinski definition) is 2. The van der Waals surface area contributed by atoms with Gasteiger partial charge in [-0.25, -0.2) is 0 Å². The minimum atomic E-state index is 0.642. The molecule has 0 saturated heterocycles. The number of hydrogen-bond donors (Lipinski definition) is 1. The zero-order chi connectivity index (χ0) is 14.0. The van der Waals surface area contributed by atoms with E-state index in [-0.39, 0.29) is 0 Å². The van der Waals surface area contributed by atoms with Crippen molar-refractivity contribution in [2.75, 3.05) is 7.05 Å². The largest absolute Gasteiger partial charge is 0.316 e. The van der Waals surface area contributed by atoms with E-state index in [2.05, 4.69) is 70.0 Å². The third kappa shape index (κ3) is 3.55. The van der Waals surface area contributed by atoms with Crippen LogP contribution in [0.15, 0.2) is 23.1 Å². The molecule has 0 amide bonds. The van der Waals surface area contributed by atoms with Crippen LogP contribution < -0.4 is 5.32 Å². The van der Waals surface area contributed by atoms with Gasteiger partial charge in [-0.3, -0.25) is 0 Å². The molecule has 0 heterocycles. The molecule has 0 aliphatic heterocycles. The summed E-state index contributed by atoms with van der Waals surface area (Å²) in [6.07, 6.45) is 2.67. The van der Waals surface area contributed by atoms with Crippen molar-refractivity contribution in [2.24, 2.45) is 11.8 Å². The van der Waals surface area contributed by atoms with Gasteiger partial charge in [0.25, 0.3) is 0 Å². The average molecular weight is 277 g/mol. The summed E-state index contributed by atoms with van der Waals surface area (Å²) < 4.78 is 0. The first-order valence-electron chi connectivity index (χ1n) is 7.42. The number of rotatable bonds is 3. The van der Waals surface area contributed by atoms with Crippen LogP contribution >= 0.6 is 11.8 Å². The van der Waals surface area contributed by atoms with E-state index < -0.39 is 0 Å². The molecule has 1 saturated carbocycles. The van der Waals surface area contributed by atoms with Gasteiger partial charge in [0.2, 0.25) is 0 Å². The molecule has 1 aliphatic rings. The van der Waals surface area contributed by atoms with E-state index in [1.54, 1.807) is 0 Å². The summed E-state index contributed by atoms with van der Waals surface area (Å²) in [6.45, 7) is 9.22. The number of nitrogens with one attached hydrogen (secondary N) is 1. The molecule has 0 aromatic heterocycles. The Morgan fingerprint density at radius 3 is 2.58 bits per heavy atom. The Morgan fingerprint density at radius 1 is 1.16 bits per heavy atom. The maximum atomic E-state index is 3.55. The molecule has 4 unspecified atom stereocenters. The Balaban J connectivity index is 2.17. The van der Waals surface area contributed by atoms with Crippen LogP contribution in [0.2, 0.25) is 0 Å². The molecule has 1 aromatic carbocycles. The second-order valence-electron chi connectivity index (χ2n) is 6.30. The van der Waals surface area contributed by atoms with Gasteiger partial charge in [0.05, 0.1) is 0 Å². The number of benzene rings is 1. The topological polar surface area (TPSA) is 12.0 Å². The Bertz CT molecular complexity index is 429. The van der Waals surface area contributed by atoms with Crippen LogP contribution in [0.4, 0.5) is 0 Å². The van der Waals surface area contributed by atoms with Crippen molar-refractivity contribution >= 4 is 11.8 Å². The monoisotopic (exact) mass is 277 g/mol. The lowest BCUT2D eigenvalue weighted by atomic mass is 9.80. The van der Waals surface area contributed by atoms with Crippen molar-refractivity contribution in [3.8, 4) is 0 Å². The zero-order valence-electron chi connectivity index (χ0n) is 12.9. The van der Waals surface area contributed by atoms with E-state index in [4.69, 9.17) is 0 Å². The zero-order valence-corrected chi connectivity index (χ0v) is 13.7. The van der Waals surface area contributed by atoms with Crippen LogP contribution in [0.3, 0.4) is 0 Å². The summed E-state index contributed by atoms with van der Waals surface area (Å²) >= 11 is 2.09. The third-order valence-electron chi connectivity index (χ3n) is 4.37. The van der Waals surface area contributed by atoms with Crippen molar-refractivity contribution in [1.29, 1.82) is 0 Å². The van der Waals surface area contributed by atoms with E-state index in [1.807, 2.05) is 0 Å². The van der Waals surface area contributed by atoms with Crippen LogP contribution in [-0.4, -0.2) is 18.3 Å². The standard InChI is InChI=1S/C17H27NS/c1-11-6-7-13(3)16(10-11)19-17-14(4)8-12(2)9-15(17)18-5/h6-7,10,12,14-15,17-18H,8-9H2,1-5H3. The van der Waals surface area contributed by atoms with E-state index in [0.29, 0.717) is 11.3 Å². The molecular weight excluding hydrogens is 250 g/mol. The summed E-state index contributed by atoms with van der Waals surface area (Å²) in [7, 11) is 2.12. The number of aryl methyl sites for hydroxylation is 2. The van der Waals surface area contributed by atoms with Gasteiger partial charge in [0.1, 0.15) is 0 Å². The lowest BCUT2D eigenvalue weighted by Gasteiger charge is -2.39. The predicted octanol–water partition coefficient (Wildman–Crippen LogP) is 4.42. The summed E-state index contributed by atoms with van der Waals surface area (Å²) in [6, 6.07) is 7.45. The Hall–Kier alpha value is -0.470. The van der Waals surface area contributed by atoms with Gasteiger partial charge >= 0.3 is 0 Å².